The molecule has 0 amide bonds. The Hall–Kier alpha value is -1.06. The van der Waals surface area contributed by atoms with Crippen LogP contribution < -0.4 is 5.76 Å². The largest absolute Gasteiger partial charge is 0.438 e. The van der Waals surface area contributed by atoms with Crippen molar-refractivity contribution >= 4 is 0 Å². The lowest BCUT2D eigenvalue weighted by atomic mass is 9.86. The van der Waals surface area contributed by atoms with Crippen molar-refractivity contribution in [1.82, 2.24) is 10.1 Å². The number of rotatable bonds is 14. The lowest BCUT2D eigenvalue weighted by Gasteiger charge is -2.20. The van der Waals surface area contributed by atoms with E-state index in [1.807, 2.05) is 0 Å². The van der Waals surface area contributed by atoms with E-state index < -0.39 is 5.76 Å². The molecule has 0 fully saturated rings. The second-order valence-electron chi connectivity index (χ2n) is 7.47. The average molecular weight is 325 g/mol. The number of aromatic amines is 1. The fourth-order valence-electron chi connectivity index (χ4n) is 3.05. The smallest absolute Gasteiger partial charge is 0.296 e. The summed E-state index contributed by atoms with van der Waals surface area (Å²) in [6, 6.07) is 0. The minimum Gasteiger partial charge on any atom is -0.296 e. The Morgan fingerprint density at radius 2 is 1.35 bits per heavy atom. The molecular formula is C19H36N2O2. The molecule has 0 atom stereocenters. The maximum absolute atomic E-state index is 11.0. The Morgan fingerprint density at radius 1 is 0.870 bits per heavy atom. The van der Waals surface area contributed by atoms with Crippen molar-refractivity contribution in [2.75, 3.05) is 0 Å². The van der Waals surface area contributed by atoms with E-state index in [2.05, 4.69) is 35.4 Å². The predicted molar refractivity (Wildman–Crippen MR) is 95.8 cm³/mol. The van der Waals surface area contributed by atoms with Crippen molar-refractivity contribution in [3.63, 3.8) is 0 Å². The summed E-state index contributed by atoms with van der Waals surface area (Å²) in [7, 11) is 0. The molecule has 1 heterocycles. The molecule has 0 aliphatic rings. The van der Waals surface area contributed by atoms with Crippen LogP contribution in [0.4, 0.5) is 0 Å². The summed E-state index contributed by atoms with van der Waals surface area (Å²) >= 11 is 0. The van der Waals surface area contributed by atoms with E-state index in [1.54, 1.807) is 0 Å². The van der Waals surface area contributed by atoms with Gasteiger partial charge in [-0.3, -0.25) is 9.51 Å². The van der Waals surface area contributed by atoms with E-state index >= 15 is 0 Å². The van der Waals surface area contributed by atoms with E-state index in [9.17, 15) is 4.79 Å². The van der Waals surface area contributed by atoms with Crippen LogP contribution in [0.5, 0.6) is 0 Å². The van der Waals surface area contributed by atoms with Gasteiger partial charge in [0, 0.05) is 5.41 Å². The fourth-order valence-corrected chi connectivity index (χ4v) is 3.05. The van der Waals surface area contributed by atoms with E-state index in [-0.39, 0.29) is 5.41 Å². The summed E-state index contributed by atoms with van der Waals surface area (Å²) in [5.41, 5.74) is -0.106. The van der Waals surface area contributed by atoms with Crippen LogP contribution in [0.25, 0.3) is 0 Å². The third kappa shape index (κ3) is 8.97. The number of H-pyrrole nitrogens is 1. The van der Waals surface area contributed by atoms with Crippen LogP contribution in [-0.2, 0) is 5.41 Å². The first-order chi connectivity index (χ1) is 11.1. The lowest BCUT2D eigenvalue weighted by molar-refractivity contribution is 0.353. The molecule has 0 radical (unpaired) electrons. The Labute approximate surface area is 141 Å². The van der Waals surface area contributed by atoms with Gasteiger partial charge in [0.1, 0.15) is 0 Å². The molecule has 1 N–H and O–H groups in total. The van der Waals surface area contributed by atoms with Crippen LogP contribution in [0.1, 0.15) is 110 Å². The van der Waals surface area contributed by atoms with Gasteiger partial charge < -0.3 is 0 Å². The summed E-state index contributed by atoms with van der Waals surface area (Å²) in [5.74, 6) is 0.216. The zero-order chi connectivity index (χ0) is 17.0. The highest BCUT2D eigenvalue weighted by atomic mass is 16.5. The van der Waals surface area contributed by atoms with Crippen molar-refractivity contribution in [2.24, 2.45) is 0 Å². The van der Waals surface area contributed by atoms with E-state index in [1.165, 1.54) is 77.0 Å². The third-order valence-electron chi connectivity index (χ3n) is 4.74. The van der Waals surface area contributed by atoms with E-state index in [0.717, 1.165) is 6.42 Å². The van der Waals surface area contributed by atoms with Crippen molar-refractivity contribution in [1.29, 1.82) is 0 Å². The topological polar surface area (TPSA) is 58.9 Å². The molecule has 4 nitrogen and oxygen atoms in total. The van der Waals surface area contributed by atoms with Gasteiger partial charge in [-0.05, 0) is 6.42 Å². The quantitative estimate of drug-likeness (QED) is 0.444. The summed E-state index contributed by atoms with van der Waals surface area (Å²) in [6.07, 6.45) is 17.4. The second kappa shape index (κ2) is 11.5. The van der Waals surface area contributed by atoms with E-state index in [0.29, 0.717) is 5.82 Å². The van der Waals surface area contributed by atoms with Gasteiger partial charge in [-0.1, -0.05) is 103 Å². The van der Waals surface area contributed by atoms with Crippen molar-refractivity contribution < 1.29 is 4.52 Å². The normalized spacial score (nSPS) is 12.0. The molecule has 1 aromatic heterocycles. The van der Waals surface area contributed by atoms with Gasteiger partial charge in [0.2, 0.25) is 0 Å². The summed E-state index contributed by atoms with van der Waals surface area (Å²) in [4.78, 5) is 13.7. The first-order valence-electron chi connectivity index (χ1n) is 9.63. The third-order valence-corrected chi connectivity index (χ3v) is 4.74. The zero-order valence-electron chi connectivity index (χ0n) is 15.5. The predicted octanol–water partition coefficient (Wildman–Crippen LogP) is 5.73. The van der Waals surface area contributed by atoms with Crippen molar-refractivity contribution in [3.05, 3.63) is 16.4 Å². The molecule has 1 aromatic rings. The molecule has 0 saturated heterocycles. The monoisotopic (exact) mass is 324 g/mol. The molecule has 4 heteroatoms. The average Bonchev–Trinajstić information content (AvgIpc) is 2.96. The summed E-state index contributed by atoms with van der Waals surface area (Å²) in [6.45, 7) is 6.49. The van der Waals surface area contributed by atoms with Crippen LogP contribution in [0, 0.1) is 0 Å². The van der Waals surface area contributed by atoms with Gasteiger partial charge in [-0.15, -0.1) is 0 Å². The SMILES string of the molecule is CCCCCCCCCCCCCCC(C)(C)c1noc(=O)[nH]1. The Morgan fingerprint density at radius 3 is 1.78 bits per heavy atom. The standard InChI is InChI=1S/C19H36N2O2/c1-4-5-6-7-8-9-10-11-12-13-14-15-16-19(2,3)17-20-18(22)23-21-17/h4-16H2,1-3H3,(H,20,21,22). The molecular weight excluding hydrogens is 288 g/mol. The number of nitrogens with zero attached hydrogens (tertiary/aromatic N) is 1. The molecule has 0 saturated carbocycles. The number of hydrogen-bond donors (Lipinski definition) is 1. The molecule has 0 bridgehead atoms. The number of aromatic nitrogens is 2. The summed E-state index contributed by atoms with van der Waals surface area (Å²) < 4.78 is 4.60. The molecule has 0 aliphatic carbocycles. The first kappa shape index (κ1) is 20.0. The van der Waals surface area contributed by atoms with Gasteiger partial charge in [0.25, 0.3) is 0 Å². The molecule has 0 spiro atoms. The zero-order valence-corrected chi connectivity index (χ0v) is 15.5. The van der Waals surface area contributed by atoms with Gasteiger partial charge in [-0.25, -0.2) is 4.79 Å². The lowest BCUT2D eigenvalue weighted by Crippen LogP contribution is -2.20. The van der Waals surface area contributed by atoms with Crippen LogP contribution in [0.2, 0.25) is 0 Å². The molecule has 1 rings (SSSR count). The maximum atomic E-state index is 11.0. The molecule has 134 valence electrons. The maximum Gasteiger partial charge on any atom is 0.438 e. The minimum absolute atomic E-state index is 0.106. The highest BCUT2D eigenvalue weighted by Gasteiger charge is 2.24. The second-order valence-corrected chi connectivity index (χ2v) is 7.47. The molecule has 23 heavy (non-hydrogen) atoms. The number of hydrogen-bond acceptors (Lipinski definition) is 3. The van der Waals surface area contributed by atoms with Crippen LogP contribution in [-0.4, -0.2) is 10.1 Å². The summed E-state index contributed by atoms with van der Waals surface area (Å²) in [5, 5.41) is 3.82. The van der Waals surface area contributed by atoms with Crippen LogP contribution in [0.3, 0.4) is 0 Å². The van der Waals surface area contributed by atoms with Crippen LogP contribution in [0.15, 0.2) is 9.32 Å². The Kier molecular flexibility index (Phi) is 9.97. The number of nitrogens with one attached hydrogen (secondary N) is 1. The van der Waals surface area contributed by atoms with Crippen molar-refractivity contribution in [2.45, 2.75) is 110 Å². The Balaban J connectivity index is 1.94. The van der Waals surface area contributed by atoms with Gasteiger partial charge in [0.15, 0.2) is 5.82 Å². The van der Waals surface area contributed by atoms with Gasteiger partial charge in [-0.2, -0.15) is 0 Å². The van der Waals surface area contributed by atoms with Gasteiger partial charge in [0.05, 0.1) is 0 Å². The molecule has 0 unspecified atom stereocenters. The minimum atomic E-state index is -0.456. The highest BCUT2D eigenvalue weighted by Crippen LogP contribution is 2.26. The number of unbranched alkanes of at least 4 members (excludes halogenated alkanes) is 11. The van der Waals surface area contributed by atoms with Gasteiger partial charge >= 0.3 is 5.76 Å². The van der Waals surface area contributed by atoms with Crippen molar-refractivity contribution in [3.8, 4) is 0 Å². The highest BCUT2D eigenvalue weighted by molar-refractivity contribution is 4.99. The first-order valence-corrected chi connectivity index (χ1v) is 9.63. The fraction of sp³-hybridized carbons (Fsp3) is 0.895. The molecule has 0 aromatic carbocycles. The molecule has 0 aliphatic heterocycles. The van der Waals surface area contributed by atoms with E-state index in [4.69, 9.17) is 0 Å². The van der Waals surface area contributed by atoms with Crippen LogP contribution >= 0.6 is 0 Å². The Bertz CT molecular complexity index is 448.